The SMILES string of the molecule is CCCc1cc(=O)n2c(n1)SCC2CC(=O)Nc1cccc(F)c1. The maximum Gasteiger partial charge on any atom is 0.254 e. The molecule has 0 spiro atoms. The smallest absolute Gasteiger partial charge is 0.254 e. The van der Waals surface area contributed by atoms with Crippen LogP contribution in [0.3, 0.4) is 0 Å². The number of aromatic nitrogens is 2. The summed E-state index contributed by atoms with van der Waals surface area (Å²) in [5.41, 5.74) is 1.10. The highest BCUT2D eigenvalue weighted by Crippen LogP contribution is 2.32. The van der Waals surface area contributed by atoms with Crippen molar-refractivity contribution in [1.82, 2.24) is 9.55 Å². The number of fused-ring (bicyclic) bond motifs is 1. The molecule has 0 fully saturated rings. The molecule has 1 N–H and O–H groups in total. The monoisotopic (exact) mass is 347 g/mol. The molecule has 24 heavy (non-hydrogen) atoms. The molecule has 1 aromatic heterocycles. The summed E-state index contributed by atoms with van der Waals surface area (Å²) >= 11 is 1.49. The zero-order valence-corrected chi connectivity index (χ0v) is 14.1. The van der Waals surface area contributed by atoms with Crippen LogP contribution in [0.2, 0.25) is 0 Å². The van der Waals surface area contributed by atoms with Crippen LogP contribution in [0.1, 0.15) is 31.5 Å². The molecule has 1 aliphatic heterocycles. The Morgan fingerprint density at radius 3 is 3.04 bits per heavy atom. The van der Waals surface area contributed by atoms with Crippen LogP contribution < -0.4 is 10.9 Å². The Hall–Kier alpha value is -2.15. The van der Waals surface area contributed by atoms with Gasteiger partial charge in [0, 0.05) is 29.6 Å². The van der Waals surface area contributed by atoms with Crippen LogP contribution in [-0.4, -0.2) is 21.2 Å². The maximum atomic E-state index is 13.2. The minimum Gasteiger partial charge on any atom is -0.326 e. The number of carbonyl (C=O) groups excluding carboxylic acids is 1. The molecule has 1 aromatic carbocycles. The van der Waals surface area contributed by atoms with Gasteiger partial charge >= 0.3 is 0 Å². The molecule has 7 heteroatoms. The Bertz CT molecular complexity index is 822. The number of anilines is 1. The summed E-state index contributed by atoms with van der Waals surface area (Å²) in [7, 11) is 0. The first-order chi connectivity index (χ1) is 11.6. The van der Waals surface area contributed by atoms with Crippen molar-refractivity contribution in [3.63, 3.8) is 0 Å². The van der Waals surface area contributed by atoms with Gasteiger partial charge in [-0.3, -0.25) is 14.2 Å². The summed E-state index contributed by atoms with van der Waals surface area (Å²) in [6.45, 7) is 2.04. The Morgan fingerprint density at radius 1 is 1.46 bits per heavy atom. The average molecular weight is 347 g/mol. The standard InChI is InChI=1S/C17H18FN3O2S/c1-2-4-12-8-16(23)21-14(10-24-17(21)20-12)9-15(22)19-13-6-3-5-11(18)7-13/h3,5-8,14H,2,4,9-10H2,1H3,(H,19,22). The van der Waals surface area contributed by atoms with Gasteiger partial charge in [-0.2, -0.15) is 0 Å². The van der Waals surface area contributed by atoms with Gasteiger partial charge in [0.15, 0.2) is 5.16 Å². The highest BCUT2D eigenvalue weighted by molar-refractivity contribution is 7.99. The summed E-state index contributed by atoms with van der Waals surface area (Å²) in [5, 5.41) is 3.34. The van der Waals surface area contributed by atoms with Crippen molar-refractivity contribution in [1.29, 1.82) is 0 Å². The molecule has 1 unspecified atom stereocenters. The molecule has 1 aliphatic rings. The first kappa shape index (κ1) is 16.7. The Labute approximate surface area is 143 Å². The molecule has 0 bridgehead atoms. The van der Waals surface area contributed by atoms with E-state index in [-0.39, 0.29) is 23.9 Å². The summed E-state index contributed by atoms with van der Waals surface area (Å²) in [6, 6.07) is 7.07. The molecule has 0 aliphatic carbocycles. The third-order valence-corrected chi connectivity index (χ3v) is 4.88. The molecule has 0 saturated heterocycles. The Morgan fingerprint density at radius 2 is 2.29 bits per heavy atom. The number of aryl methyl sites for hydroxylation is 1. The van der Waals surface area contributed by atoms with E-state index in [9.17, 15) is 14.0 Å². The lowest BCUT2D eigenvalue weighted by atomic mass is 10.2. The molecule has 1 amide bonds. The van der Waals surface area contributed by atoms with E-state index in [0.29, 0.717) is 16.6 Å². The number of hydrogen-bond acceptors (Lipinski definition) is 4. The lowest BCUT2D eigenvalue weighted by Crippen LogP contribution is -2.27. The van der Waals surface area contributed by atoms with Crippen LogP contribution in [-0.2, 0) is 11.2 Å². The van der Waals surface area contributed by atoms with Gasteiger partial charge in [0.2, 0.25) is 5.91 Å². The lowest BCUT2D eigenvalue weighted by molar-refractivity contribution is -0.116. The number of nitrogens with one attached hydrogen (secondary N) is 1. The fourth-order valence-corrected chi connectivity index (χ4v) is 3.89. The normalized spacial score (nSPS) is 16.0. The summed E-state index contributed by atoms with van der Waals surface area (Å²) in [6.07, 6.45) is 1.86. The van der Waals surface area contributed by atoms with Crippen LogP contribution in [0, 0.1) is 5.82 Å². The van der Waals surface area contributed by atoms with Crippen molar-refractivity contribution in [2.45, 2.75) is 37.4 Å². The molecule has 126 valence electrons. The van der Waals surface area contributed by atoms with E-state index in [2.05, 4.69) is 10.3 Å². The fraction of sp³-hybridized carbons (Fsp3) is 0.353. The summed E-state index contributed by atoms with van der Waals surface area (Å²) in [5.74, 6) is -0.0176. The van der Waals surface area contributed by atoms with Gasteiger partial charge in [0.25, 0.3) is 5.56 Å². The number of rotatable bonds is 5. The molecule has 2 heterocycles. The number of thioether (sulfide) groups is 1. The molecule has 1 atom stereocenters. The van der Waals surface area contributed by atoms with Crippen LogP contribution in [0.5, 0.6) is 0 Å². The van der Waals surface area contributed by atoms with Crippen LogP contribution >= 0.6 is 11.8 Å². The number of hydrogen-bond donors (Lipinski definition) is 1. The van der Waals surface area contributed by atoms with E-state index in [4.69, 9.17) is 0 Å². The molecule has 3 rings (SSSR count). The topological polar surface area (TPSA) is 64.0 Å². The lowest BCUT2D eigenvalue weighted by Gasteiger charge is -2.13. The van der Waals surface area contributed by atoms with Crippen LogP contribution in [0.15, 0.2) is 40.3 Å². The van der Waals surface area contributed by atoms with Gasteiger partial charge < -0.3 is 5.32 Å². The van der Waals surface area contributed by atoms with Crippen molar-refractivity contribution in [3.05, 3.63) is 52.2 Å². The largest absolute Gasteiger partial charge is 0.326 e. The zero-order valence-electron chi connectivity index (χ0n) is 13.3. The molecule has 0 saturated carbocycles. The van der Waals surface area contributed by atoms with E-state index in [1.54, 1.807) is 16.7 Å². The molecule has 5 nitrogen and oxygen atoms in total. The first-order valence-corrected chi connectivity index (χ1v) is 8.86. The van der Waals surface area contributed by atoms with Gasteiger partial charge in [-0.05, 0) is 24.6 Å². The summed E-state index contributed by atoms with van der Waals surface area (Å²) in [4.78, 5) is 29.0. The van der Waals surface area contributed by atoms with E-state index in [1.165, 1.54) is 30.0 Å². The van der Waals surface area contributed by atoms with Crippen LogP contribution in [0.4, 0.5) is 10.1 Å². The Balaban J connectivity index is 1.72. The van der Waals surface area contributed by atoms with Gasteiger partial charge in [0.1, 0.15) is 5.82 Å². The number of benzene rings is 1. The number of nitrogens with zero attached hydrogens (tertiary/aromatic N) is 2. The molecule has 0 radical (unpaired) electrons. The predicted octanol–water partition coefficient (Wildman–Crippen LogP) is 3.01. The molecule has 2 aromatic rings. The van der Waals surface area contributed by atoms with Gasteiger partial charge in [-0.25, -0.2) is 9.37 Å². The van der Waals surface area contributed by atoms with E-state index >= 15 is 0 Å². The molecular formula is C17H18FN3O2S. The third-order valence-electron chi connectivity index (χ3n) is 3.78. The zero-order chi connectivity index (χ0) is 17.1. The minimum atomic E-state index is -0.404. The van der Waals surface area contributed by atoms with E-state index < -0.39 is 5.82 Å². The van der Waals surface area contributed by atoms with Crippen molar-refractivity contribution >= 4 is 23.4 Å². The average Bonchev–Trinajstić information content (AvgIpc) is 2.90. The van der Waals surface area contributed by atoms with Crippen molar-refractivity contribution < 1.29 is 9.18 Å². The number of carbonyl (C=O) groups is 1. The maximum absolute atomic E-state index is 13.2. The fourth-order valence-electron chi connectivity index (χ4n) is 2.73. The van der Waals surface area contributed by atoms with Crippen LogP contribution in [0.25, 0.3) is 0 Å². The second-order valence-electron chi connectivity index (χ2n) is 5.72. The van der Waals surface area contributed by atoms with Crippen molar-refractivity contribution in [2.24, 2.45) is 0 Å². The van der Waals surface area contributed by atoms with Gasteiger partial charge in [-0.15, -0.1) is 0 Å². The highest BCUT2D eigenvalue weighted by atomic mass is 32.2. The Kier molecular flexibility index (Phi) is 4.99. The van der Waals surface area contributed by atoms with Gasteiger partial charge in [-0.1, -0.05) is 31.2 Å². The van der Waals surface area contributed by atoms with Crippen molar-refractivity contribution in [2.75, 3.05) is 11.1 Å². The van der Waals surface area contributed by atoms with Crippen molar-refractivity contribution in [3.8, 4) is 0 Å². The molecular weight excluding hydrogens is 329 g/mol. The third kappa shape index (κ3) is 3.67. The minimum absolute atomic E-state index is 0.114. The summed E-state index contributed by atoms with van der Waals surface area (Å²) < 4.78 is 14.8. The van der Waals surface area contributed by atoms with E-state index in [1.807, 2.05) is 6.92 Å². The predicted molar refractivity (Wildman–Crippen MR) is 91.9 cm³/mol. The first-order valence-electron chi connectivity index (χ1n) is 7.87. The number of amides is 1. The number of halogens is 1. The highest BCUT2D eigenvalue weighted by Gasteiger charge is 2.27. The second kappa shape index (κ2) is 7.17. The van der Waals surface area contributed by atoms with E-state index in [0.717, 1.165) is 18.5 Å². The quantitative estimate of drug-likeness (QED) is 0.845. The van der Waals surface area contributed by atoms with Gasteiger partial charge in [0.05, 0.1) is 6.04 Å². The second-order valence-corrected chi connectivity index (χ2v) is 6.70.